The van der Waals surface area contributed by atoms with Crippen molar-refractivity contribution in [1.29, 1.82) is 0 Å². The van der Waals surface area contributed by atoms with Crippen molar-refractivity contribution < 1.29 is 31.9 Å². The largest absolute Gasteiger partial charge is 0.478 e. The third kappa shape index (κ3) is 3.66. The zero-order valence-electron chi connectivity index (χ0n) is 19.0. The first-order valence-corrected chi connectivity index (χ1v) is 11.3. The maximum atomic E-state index is 15.0. The van der Waals surface area contributed by atoms with E-state index in [1.165, 1.54) is 6.92 Å². The van der Waals surface area contributed by atoms with Gasteiger partial charge < -0.3 is 14.2 Å². The summed E-state index contributed by atoms with van der Waals surface area (Å²) in [6, 6.07) is 5.82. The molecule has 0 bridgehead atoms. The highest BCUT2D eigenvalue weighted by molar-refractivity contribution is 5.97. The molecule has 10 heteroatoms. The van der Waals surface area contributed by atoms with Crippen LogP contribution in [-0.4, -0.2) is 37.5 Å². The third-order valence-electron chi connectivity index (χ3n) is 6.80. The molecule has 5 rings (SSSR count). The van der Waals surface area contributed by atoms with Crippen LogP contribution in [0.4, 0.5) is 22.0 Å². The monoisotopic (exact) mass is 491 g/mol. The fourth-order valence-electron chi connectivity index (χ4n) is 5.25. The molecule has 0 fully saturated rings. The predicted molar refractivity (Wildman–Crippen MR) is 121 cm³/mol. The van der Waals surface area contributed by atoms with Gasteiger partial charge in [0, 0.05) is 41.5 Å². The van der Waals surface area contributed by atoms with Crippen LogP contribution in [0.25, 0.3) is 33.3 Å². The normalized spacial score (nSPS) is 15.3. The van der Waals surface area contributed by atoms with Gasteiger partial charge in [-0.05, 0) is 55.7 Å². The van der Waals surface area contributed by atoms with Crippen LogP contribution in [0.5, 0.6) is 0 Å². The van der Waals surface area contributed by atoms with Crippen LogP contribution in [0, 0.1) is 12.7 Å². The molecule has 1 N–H and O–H groups in total. The highest BCUT2D eigenvalue weighted by atomic mass is 19.3. The Balaban J connectivity index is 1.79. The number of nitrogens with zero attached hydrogens (tertiary/aromatic N) is 3. The van der Waals surface area contributed by atoms with E-state index in [-0.39, 0.29) is 40.8 Å². The summed E-state index contributed by atoms with van der Waals surface area (Å²) in [5.74, 6) is -5.15. The van der Waals surface area contributed by atoms with Gasteiger partial charge in [-0.15, -0.1) is 0 Å². The Labute approximate surface area is 196 Å². The van der Waals surface area contributed by atoms with Crippen molar-refractivity contribution in [2.75, 3.05) is 0 Å². The molecule has 2 aromatic carbocycles. The van der Waals surface area contributed by atoms with Crippen LogP contribution in [0.15, 0.2) is 24.3 Å². The van der Waals surface area contributed by atoms with E-state index in [0.717, 1.165) is 21.8 Å². The molecule has 0 radical (unpaired) electrons. The zero-order valence-corrected chi connectivity index (χ0v) is 19.0. The molecule has 0 saturated heterocycles. The minimum absolute atomic E-state index is 0.0207. The van der Waals surface area contributed by atoms with Gasteiger partial charge in [-0.25, -0.2) is 31.7 Å². The number of benzene rings is 2. The Bertz CT molecular complexity index is 1500. The lowest BCUT2D eigenvalue weighted by Crippen LogP contribution is -2.26. The van der Waals surface area contributed by atoms with E-state index >= 15 is 0 Å². The third-order valence-corrected chi connectivity index (χ3v) is 6.80. The van der Waals surface area contributed by atoms with Crippen molar-refractivity contribution in [2.45, 2.75) is 58.5 Å². The molecule has 0 amide bonds. The Morgan fingerprint density at radius 1 is 1.23 bits per heavy atom. The number of fused-ring (bicyclic) bond motifs is 4. The van der Waals surface area contributed by atoms with Gasteiger partial charge in [-0.3, -0.25) is 0 Å². The van der Waals surface area contributed by atoms with Gasteiger partial charge >= 0.3 is 5.97 Å². The van der Waals surface area contributed by atoms with Gasteiger partial charge in [0.1, 0.15) is 17.2 Å². The number of aromatic carboxylic acids is 1. The Morgan fingerprint density at radius 3 is 2.63 bits per heavy atom. The summed E-state index contributed by atoms with van der Waals surface area (Å²) >= 11 is 0. The number of carbonyl (C=O) groups is 1. The van der Waals surface area contributed by atoms with E-state index in [9.17, 15) is 31.9 Å². The van der Waals surface area contributed by atoms with E-state index in [0.29, 0.717) is 23.1 Å². The Kier molecular flexibility index (Phi) is 5.37. The fourth-order valence-corrected chi connectivity index (χ4v) is 5.25. The number of hydrogen-bond donors (Lipinski definition) is 1. The van der Waals surface area contributed by atoms with Gasteiger partial charge in [-0.1, -0.05) is 0 Å². The average molecular weight is 491 g/mol. The zero-order chi connectivity index (χ0) is 25.2. The van der Waals surface area contributed by atoms with Crippen molar-refractivity contribution in [1.82, 2.24) is 14.1 Å². The van der Waals surface area contributed by atoms with Crippen LogP contribution in [0.1, 0.15) is 40.5 Å². The van der Waals surface area contributed by atoms with E-state index in [2.05, 4.69) is 4.98 Å². The summed E-state index contributed by atoms with van der Waals surface area (Å²) in [4.78, 5) is 15.9. The quantitative estimate of drug-likeness (QED) is 0.338. The molecule has 1 aliphatic rings. The minimum Gasteiger partial charge on any atom is -0.478 e. The number of aromatic nitrogens is 3. The number of hydrogen-bond acceptors (Lipinski definition) is 2. The molecule has 0 aliphatic heterocycles. The molecule has 5 nitrogen and oxygen atoms in total. The fraction of sp³-hybridized carbons (Fsp3) is 0.360. The number of carboxylic acid groups (broad SMARTS) is 1. The van der Waals surface area contributed by atoms with Crippen LogP contribution < -0.4 is 0 Å². The van der Waals surface area contributed by atoms with Gasteiger partial charge in [0.05, 0.1) is 17.6 Å². The van der Waals surface area contributed by atoms with Gasteiger partial charge in [0.25, 0.3) is 12.3 Å². The molecule has 0 unspecified atom stereocenters. The van der Waals surface area contributed by atoms with Gasteiger partial charge in [0.15, 0.2) is 0 Å². The highest BCUT2D eigenvalue weighted by Crippen LogP contribution is 2.40. The predicted octanol–water partition coefficient (Wildman–Crippen LogP) is 6.21. The molecule has 4 aromatic rings. The first-order chi connectivity index (χ1) is 16.5. The Morgan fingerprint density at radius 2 is 1.97 bits per heavy atom. The minimum atomic E-state index is -2.84. The second-order valence-corrected chi connectivity index (χ2v) is 8.90. The molecule has 0 saturated carbocycles. The molecule has 184 valence electrons. The number of carboxylic acids is 1. The van der Waals surface area contributed by atoms with Crippen molar-refractivity contribution in [3.63, 3.8) is 0 Å². The van der Waals surface area contributed by atoms with Crippen LogP contribution in [0.2, 0.25) is 0 Å². The topological polar surface area (TPSA) is 60.1 Å². The first-order valence-electron chi connectivity index (χ1n) is 11.3. The molecule has 0 spiro atoms. The number of aryl methyl sites for hydroxylation is 2. The molecular weight excluding hydrogens is 469 g/mol. The number of rotatable bonds is 5. The molecule has 1 aliphatic carbocycles. The molecular formula is C25H22F5N3O2. The second kappa shape index (κ2) is 8.07. The lowest BCUT2D eigenvalue weighted by molar-refractivity contribution is -0.0125. The van der Waals surface area contributed by atoms with E-state index in [1.54, 1.807) is 18.2 Å². The summed E-state index contributed by atoms with van der Waals surface area (Å²) in [6.45, 7) is 3.09. The van der Waals surface area contributed by atoms with E-state index in [1.807, 2.05) is 11.5 Å². The molecule has 2 heterocycles. The molecule has 35 heavy (non-hydrogen) atoms. The summed E-state index contributed by atoms with van der Waals surface area (Å²) in [6.07, 6.45) is -3.26. The lowest BCUT2D eigenvalue weighted by Gasteiger charge is -2.23. The summed E-state index contributed by atoms with van der Waals surface area (Å²) in [7, 11) is 0. The van der Waals surface area contributed by atoms with Crippen molar-refractivity contribution in [2.24, 2.45) is 0 Å². The smallest absolute Gasteiger partial charge is 0.336 e. The standard InChI is InChI=1S/C25H22F5N3O2/c1-3-32-18-5-4-13(8-15(18)16-10-25(29,30)7-6-19(16)32)23-31-21-12(2)14(24(34)35)9-17(26)22(21)33(23)11-20(27)28/h4-5,8-9,20H,3,6-7,10-11H2,1-2H3,(H,34,35). The maximum Gasteiger partial charge on any atom is 0.336 e. The Hall–Kier alpha value is -3.43. The van der Waals surface area contributed by atoms with E-state index < -0.39 is 37.1 Å². The van der Waals surface area contributed by atoms with Crippen LogP contribution in [0.3, 0.4) is 0 Å². The molecule has 0 atom stereocenters. The maximum absolute atomic E-state index is 15.0. The van der Waals surface area contributed by atoms with Crippen molar-refractivity contribution in [3.8, 4) is 11.4 Å². The van der Waals surface area contributed by atoms with E-state index in [4.69, 9.17) is 0 Å². The van der Waals surface area contributed by atoms with Crippen LogP contribution in [-0.2, 0) is 25.9 Å². The molecule has 2 aromatic heterocycles. The summed E-state index contributed by atoms with van der Waals surface area (Å²) < 4.78 is 73.6. The summed E-state index contributed by atoms with van der Waals surface area (Å²) in [5, 5.41) is 9.98. The van der Waals surface area contributed by atoms with Crippen molar-refractivity contribution in [3.05, 3.63) is 52.5 Å². The highest BCUT2D eigenvalue weighted by Gasteiger charge is 2.37. The number of alkyl halides is 4. The second-order valence-electron chi connectivity index (χ2n) is 8.90. The summed E-state index contributed by atoms with van der Waals surface area (Å²) in [5.41, 5.74) is 2.06. The SMILES string of the molecule is CCn1c2c(c3cc(-c4nc5c(C)c(C(=O)O)cc(F)c5n4CC(F)F)ccc31)CC(F)(F)CC2. The number of imidazole rings is 1. The number of halogens is 5. The average Bonchev–Trinajstić information content (AvgIpc) is 3.30. The van der Waals surface area contributed by atoms with Crippen molar-refractivity contribution >= 4 is 27.9 Å². The lowest BCUT2D eigenvalue weighted by atomic mass is 9.92. The van der Waals surface area contributed by atoms with Gasteiger partial charge in [-0.2, -0.15) is 0 Å². The van der Waals surface area contributed by atoms with Crippen LogP contribution >= 0.6 is 0 Å². The van der Waals surface area contributed by atoms with Gasteiger partial charge in [0.2, 0.25) is 0 Å². The first kappa shape index (κ1) is 23.3.